The van der Waals surface area contributed by atoms with Gasteiger partial charge in [0.1, 0.15) is 5.82 Å². The van der Waals surface area contributed by atoms with Crippen LogP contribution in [0.5, 0.6) is 0 Å². The molecule has 2 nitrogen and oxygen atoms in total. The van der Waals surface area contributed by atoms with Gasteiger partial charge >= 0.3 is 6.18 Å². The smallest absolute Gasteiger partial charge is 0.363 e. The lowest BCUT2D eigenvalue weighted by Crippen LogP contribution is -2.37. The molecule has 18 heavy (non-hydrogen) atoms. The highest BCUT2D eigenvalue weighted by Gasteiger charge is 2.36. The van der Waals surface area contributed by atoms with E-state index in [0.29, 0.717) is 6.42 Å². The van der Waals surface area contributed by atoms with Gasteiger partial charge < -0.3 is 5.32 Å². The number of rotatable bonds is 4. The van der Waals surface area contributed by atoms with Crippen molar-refractivity contribution in [1.82, 2.24) is 4.98 Å². The Morgan fingerprint density at radius 2 is 2.06 bits per heavy atom. The minimum Gasteiger partial charge on any atom is -0.363 e. The molecule has 0 aromatic carbocycles. The Kier molecular flexibility index (Phi) is 4.89. The maximum atomic E-state index is 12.9. The van der Waals surface area contributed by atoms with E-state index in [0.717, 1.165) is 6.07 Å². The molecule has 1 aromatic heterocycles. The van der Waals surface area contributed by atoms with E-state index in [1.54, 1.807) is 6.92 Å². The van der Waals surface area contributed by atoms with E-state index < -0.39 is 17.3 Å². The van der Waals surface area contributed by atoms with Gasteiger partial charge in [-0.3, -0.25) is 0 Å². The van der Waals surface area contributed by atoms with Gasteiger partial charge in [0.25, 0.3) is 0 Å². The second kappa shape index (κ2) is 5.65. The Bertz CT molecular complexity index is 419. The zero-order valence-electron chi connectivity index (χ0n) is 9.91. The Morgan fingerprint density at radius 1 is 1.44 bits per heavy atom. The van der Waals surface area contributed by atoms with Crippen molar-refractivity contribution in [2.75, 3.05) is 11.2 Å². The van der Waals surface area contributed by atoms with E-state index in [1.165, 1.54) is 6.20 Å². The van der Waals surface area contributed by atoms with Crippen molar-refractivity contribution in [3.8, 4) is 0 Å². The third kappa shape index (κ3) is 3.75. The van der Waals surface area contributed by atoms with Crippen LogP contribution in [0.15, 0.2) is 16.7 Å². The molecule has 0 amide bonds. The fraction of sp³-hybridized carbons (Fsp3) is 0.545. The number of hydrogen-bond donors (Lipinski definition) is 1. The molecule has 1 aromatic rings. The number of nitrogens with one attached hydrogen (secondary N) is 1. The van der Waals surface area contributed by atoms with E-state index >= 15 is 0 Å². The van der Waals surface area contributed by atoms with Crippen molar-refractivity contribution >= 4 is 33.3 Å². The van der Waals surface area contributed by atoms with Crippen LogP contribution in [0.1, 0.15) is 25.8 Å². The summed E-state index contributed by atoms with van der Waals surface area (Å²) in [5.41, 5.74) is -1.43. The monoisotopic (exact) mass is 344 g/mol. The van der Waals surface area contributed by atoms with Crippen molar-refractivity contribution in [3.05, 3.63) is 22.3 Å². The van der Waals surface area contributed by atoms with E-state index in [-0.39, 0.29) is 16.2 Å². The first-order valence-electron chi connectivity index (χ1n) is 5.29. The molecule has 1 atom stereocenters. The highest BCUT2D eigenvalue weighted by molar-refractivity contribution is 9.10. The predicted molar refractivity (Wildman–Crippen MR) is 70.0 cm³/mol. The van der Waals surface area contributed by atoms with Crippen molar-refractivity contribution in [1.29, 1.82) is 0 Å². The van der Waals surface area contributed by atoms with Gasteiger partial charge in [-0.15, -0.1) is 11.6 Å². The Labute approximate surface area is 117 Å². The van der Waals surface area contributed by atoms with E-state index in [9.17, 15) is 13.2 Å². The first-order chi connectivity index (χ1) is 8.22. The summed E-state index contributed by atoms with van der Waals surface area (Å²) in [4.78, 5) is 3.79. The largest absolute Gasteiger partial charge is 0.419 e. The van der Waals surface area contributed by atoms with Crippen molar-refractivity contribution < 1.29 is 13.2 Å². The number of anilines is 1. The average Bonchev–Trinajstić information content (AvgIpc) is 2.30. The fourth-order valence-electron chi connectivity index (χ4n) is 1.26. The van der Waals surface area contributed by atoms with Gasteiger partial charge in [-0.25, -0.2) is 4.98 Å². The van der Waals surface area contributed by atoms with Gasteiger partial charge in [0, 0.05) is 22.1 Å². The SMILES string of the molecule is CCC(C)(CCl)Nc1ncc(Br)cc1C(F)(F)F. The Morgan fingerprint density at radius 3 is 2.50 bits per heavy atom. The summed E-state index contributed by atoms with van der Waals surface area (Å²) in [6, 6.07) is 1.000. The van der Waals surface area contributed by atoms with Crippen LogP contribution in [0.4, 0.5) is 19.0 Å². The summed E-state index contributed by atoms with van der Waals surface area (Å²) < 4.78 is 38.9. The van der Waals surface area contributed by atoms with E-state index in [4.69, 9.17) is 11.6 Å². The van der Waals surface area contributed by atoms with Crippen LogP contribution in [-0.2, 0) is 6.18 Å². The lowest BCUT2D eigenvalue weighted by atomic mass is 10.0. The minimum absolute atomic E-state index is 0.193. The number of halogens is 5. The van der Waals surface area contributed by atoms with Crippen LogP contribution in [0.2, 0.25) is 0 Å². The summed E-state index contributed by atoms with van der Waals surface area (Å²) in [6.45, 7) is 3.60. The van der Waals surface area contributed by atoms with Gasteiger partial charge in [-0.1, -0.05) is 6.92 Å². The maximum absolute atomic E-state index is 12.9. The molecule has 1 heterocycles. The van der Waals surface area contributed by atoms with Crippen LogP contribution >= 0.6 is 27.5 Å². The van der Waals surface area contributed by atoms with Crippen LogP contribution in [0, 0.1) is 0 Å². The molecule has 1 unspecified atom stereocenters. The molecule has 0 spiro atoms. The second-order valence-corrected chi connectivity index (χ2v) is 5.40. The van der Waals surface area contributed by atoms with Crippen molar-refractivity contribution in [3.63, 3.8) is 0 Å². The fourth-order valence-corrected chi connectivity index (χ4v) is 1.84. The zero-order chi connectivity index (χ0) is 14.0. The van der Waals surface area contributed by atoms with Gasteiger partial charge in [0.15, 0.2) is 0 Å². The van der Waals surface area contributed by atoms with Crippen molar-refractivity contribution in [2.24, 2.45) is 0 Å². The summed E-state index contributed by atoms with van der Waals surface area (Å²) >= 11 is 8.76. The third-order valence-electron chi connectivity index (χ3n) is 2.66. The number of aromatic nitrogens is 1. The lowest BCUT2D eigenvalue weighted by Gasteiger charge is -2.29. The molecular formula is C11H13BrClF3N2. The summed E-state index contributed by atoms with van der Waals surface area (Å²) in [5, 5.41) is 2.77. The van der Waals surface area contributed by atoms with Crippen LogP contribution in [0.3, 0.4) is 0 Å². The molecule has 0 saturated carbocycles. The molecule has 1 N–H and O–H groups in total. The summed E-state index contributed by atoms with van der Waals surface area (Å²) in [7, 11) is 0. The number of pyridine rings is 1. The topological polar surface area (TPSA) is 24.9 Å². The van der Waals surface area contributed by atoms with Crippen LogP contribution in [0.25, 0.3) is 0 Å². The number of hydrogen-bond acceptors (Lipinski definition) is 2. The van der Waals surface area contributed by atoms with Gasteiger partial charge in [0.05, 0.1) is 5.56 Å². The van der Waals surface area contributed by atoms with Crippen molar-refractivity contribution in [2.45, 2.75) is 32.0 Å². The quantitative estimate of drug-likeness (QED) is 0.801. The molecule has 0 aliphatic rings. The first-order valence-corrected chi connectivity index (χ1v) is 6.61. The summed E-state index contributed by atoms with van der Waals surface area (Å²) in [6.07, 6.45) is -2.55. The molecule has 7 heteroatoms. The number of alkyl halides is 4. The summed E-state index contributed by atoms with van der Waals surface area (Å²) in [5.74, 6) is -0.00543. The van der Waals surface area contributed by atoms with Gasteiger partial charge in [-0.05, 0) is 35.3 Å². The highest BCUT2D eigenvalue weighted by atomic mass is 79.9. The molecule has 0 fully saturated rings. The molecule has 0 aliphatic carbocycles. The van der Waals surface area contributed by atoms with E-state index in [2.05, 4.69) is 26.2 Å². The lowest BCUT2D eigenvalue weighted by molar-refractivity contribution is -0.137. The minimum atomic E-state index is -4.46. The molecule has 0 radical (unpaired) electrons. The predicted octanol–water partition coefficient (Wildman–Crippen LogP) is 4.68. The number of nitrogens with zero attached hydrogens (tertiary/aromatic N) is 1. The molecule has 0 aliphatic heterocycles. The third-order valence-corrected chi connectivity index (χ3v) is 3.68. The molecule has 0 bridgehead atoms. The average molecular weight is 346 g/mol. The maximum Gasteiger partial charge on any atom is 0.419 e. The highest BCUT2D eigenvalue weighted by Crippen LogP contribution is 2.36. The second-order valence-electron chi connectivity index (χ2n) is 4.22. The standard InChI is InChI=1S/C11H13BrClF3N2/c1-3-10(2,6-13)18-9-8(11(14,15)16)4-7(12)5-17-9/h4-5H,3,6H2,1-2H3,(H,17,18). The van der Waals surface area contributed by atoms with Crippen LogP contribution in [-0.4, -0.2) is 16.4 Å². The van der Waals surface area contributed by atoms with E-state index in [1.807, 2.05) is 6.92 Å². The van der Waals surface area contributed by atoms with Crippen LogP contribution < -0.4 is 5.32 Å². The molecule has 0 saturated heterocycles. The van der Waals surface area contributed by atoms with Gasteiger partial charge in [-0.2, -0.15) is 13.2 Å². The molecular weight excluding hydrogens is 332 g/mol. The van der Waals surface area contributed by atoms with Gasteiger partial charge in [0.2, 0.25) is 0 Å². The Balaban J connectivity index is 3.17. The molecule has 102 valence electrons. The zero-order valence-corrected chi connectivity index (χ0v) is 12.2. The first kappa shape index (κ1) is 15.6. The Hall–Kier alpha value is -0.490. The molecule has 1 rings (SSSR count). The normalized spacial score (nSPS) is 15.3.